The van der Waals surface area contributed by atoms with Gasteiger partial charge in [-0.15, -0.1) is 10.2 Å². The molecular formula is C21H29N5OS. The van der Waals surface area contributed by atoms with Crippen molar-refractivity contribution in [3.63, 3.8) is 0 Å². The van der Waals surface area contributed by atoms with Crippen LogP contribution in [0.2, 0.25) is 0 Å². The Kier molecular flexibility index (Phi) is 5.90. The minimum Gasteiger partial charge on any atom is -0.370 e. The predicted molar refractivity (Wildman–Crippen MR) is 113 cm³/mol. The molecule has 28 heavy (non-hydrogen) atoms. The van der Waals surface area contributed by atoms with Gasteiger partial charge in [-0.25, -0.2) is 0 Å². The second kappa shape index (κ2) is 8.55. The second-order valence-electron chi connectivity index (χ2n) is 7.77. The van der Waals surface area contributed by atoms with Gasteiger partial charge in [-0.05, 0) is 57.2 Å². The zero-order valence-corrected chi connectivity index (χ0v) is 17.5. The maximum absolute atomic E-state index is 12.3. The first-order valence-corrected chi connectivity index (χ1v) is 11.3. The van der Waals surface area contributed by atoms with Gasteiger partial charge < -0.3 is 14.8 Å². The average molecular weight is 400 g/mol. The van der Waals surface area contributed by atoms with Crippen LogP contribution >= 0.6 is 11.8 Å². The Morgan fingerprint density at radius 1 is 1.29 bits per heavy atom. The molecule has 2 aliphatic rings. The van der Waals surface area contributed by atoms with Crippen LogP contribution in [-0.4, -0.2) is 46.1 Å². The molecule has 6 nitrogen and oxygen atoms in total. The number of likely N-dealkylation sites (N-methyl/N-ethyl adjacent to an activating group) is 1. The fourth-order valence-electron chi connectivity index (χ4n) is 3.49. The molecule has 4 rings (SSSR count). The van der Waals surface area contributed by atoms with Gasteiger partial charge in [0.1, 0.15) is 5.82 Å². The highest BCUT2D eigenvalue weighted by Gasteiger charge is 2.36. The van der Waals surface area contributed by atoms with Crippen molar-refractivity contribution >= 4 is 23.4 Å². The minimum absolute atomic E-state index is 0.0589. The Morgan fingerprint density at radius 2 is 2.11 bits per heavy atom. The Hall–Kier alpha value is -2.02. The van der Waals surface area contributed by atoms with Gasteiger partial charge in [-0.2, -0.15) is 0 Å². The van der Waals surface area contributed by atoms with E-state index in [1.165, 1.54) is 48.7 Å². The van der Waals surface area contributed by atoms with E-state index in [2.05, 4.69) is 63.1 Å². The first-order chi connectivity index (χ1) is 13.7. The highest BCUT2D eigenvalue weighted by molar-refractivity contribution is 7.99. The first-order valence-electron chi connectivity index (χ1n) is 10.3. The van der Waals surface area contributed by atoms with Crippen LogP contribution in [0, 0.1) is 6.92 Å². The highest BCUT2D eigenvalue weighted by atomic mass is 32.2. The lowest BCUT2D eigenvalue weighted by Crippen LogP contribution is -2.35. The molecule has 0 atom stereocenters. The number of hydrogen-bond acceptors (Lipinski definition) is 5. The molecule has 0 aliphatic heterocycles. The summed E-state index contributed by atoms with van der Waals surface area (Å²) in [7, 11) is 0. The third kappa shape index (κ3) is 4.69. The van der Waals surface area contributed by atoms with E-state index in [1.54, 1.807) is 0 Å². The fourth-order valence-corrected chi connectivity index (χ4v) is 4.33. The maximum Gasteiger partial charge on any atom is 0.230 e. The van der Waals surface area contributed by atoms with Gasteiger partial charge in [-0.3, -0.25) is 4.79 Å². The van der Waals surface area contributed by atoms with Crippen LogP contribution < -0.4 is 10.2 Å². The minimum atomic E-state index is 0.0589. The molecule has 0 spiro atoms. The summed E-state index contributed by atoms with van der Waals surface area (Å²) in [5.74, 6) is 2.19. The van der Waals surface area contributed by atoms with Gasteiger partial charge in [0, 0.05) is 37.3 Å². The van der Waals surface area contributed by atoms with Gasteiger partial charge in [0.25, 0.3) is 0 Å². The van der Waals surface area contributed by atoms with E-state index in [0.29, 0.717) is 24.3 Å². The molecular weight excluding hydrogens is 370 g/mol. The van der Waals surface area contributed by atoms with Crippen molar-refractivity contribution in [2.45, 2.75) is 56.6 Å². The summed E-state index contributed by atoms with van der Waals surface area (Å²) < 4.78 is 2.30. The van der Waals surface area contributed by atoms with Gasteiger partial charge in [-0.1, -0.05) is 23.9 Å². The van der Waals surface area contributed by atoms with E-state index in [4.69, 9.17) is 0 Å². The molecule has 2 aromatic rings. The lowest BCUT2D eigenvalue weighted by atomic mass is 10.2. The fraction of sp³-hybridized carbons (Fsp3) is 0.571. The predicted octanol–water partition coefficient (Wildman–Crippen LogP) is 3.53. The molecule has 0 bridgehead atoms. The quantitative estimate of drug-likeness (QED) is 0.619. The lowest BCUT2D eigenvalue weighted by molar-refractivity contribution is -0.118. The van der Waals surface area contributed by atoms with E-state index < -0.39 is 0 Å². The Labute approximate surface area is 171 Å². The van der Waals surface area contributed by atoms with Crippen LogP contribution in [0.15, 0.2) is 29.4 Å². The Bertz CT molecular complexity index is 828. The van der Waals surface area contributed by atoms with Crippen LogP contribution in [0.4, 0.5) is 5.69 Å². The maximum atomic E-state index is 12.3. The van der Waals surface area contributed by atoms with Gasteiger partial charge in [0.05, 0.1) is 5.75 Å². The third-order valence-electron chi connectivity index (χ3n) is 5.33. The van der Waals surface area contributed by atoms with Crippen molar-refractivity contribution in [2.75, 3.05) is 30.3 Å². The SMILES string of the molecule is CCN(CCNC(=O)CSc1nnc(C2CC2)n1C1CC1)c1cccc(C)c1. The molecule has 150 valence electrons. The molecule has 0 unspecified atom stereocenters. The molecule has 2 fully saturated rings. The summed E-state index contributed by atoms with van der Waals surface area (Å²) >= 11 is 1.52. The molecule has 7 heteroatoms. The van der Waals surface area contributed by atoms with Gasteiger partial charge >= 0.3 is 0 Å². The number of anilines is 1. The monoisotopic (exact) mass is 399 g/mol. The molecule has 1 amide bonds. The molecule has 2 saturated carbocycles. The summed E-state index contributed by atoms with van der Waals surface area (Å²) in [4.78, 5) is 14.6. The Balaban J connectivity index is 1.25. The van der Waals surface area contributed by atoms with E-state index in [0.717, 1.165) is 24.1 Å². The summed E-state index contributed by atoms with van der Waals surface area (Å²) in [6.07, 6.45) is 4.88. The van der Waals surface area contributed by atoms with Crippen LogP contribution in [0.25, 0.3) is 0 Å². The number of benzene rings is 1. The van der Waals surface area contributed by atoms with Crippen molar-refractivity contribution in [1.29, 1.82) is 0 Å². The standard InChI is InChI=1S/C21H29N5OS/c1-3-25(18-6-4-5-15(2)13-18)12-11-22-19(27)14-28-21-24-23-20(16-7-8-16)26(21)17-9-10-17/h4-6,13,16-17H,3,7-12,14H2,1-2H3,(H,22,27). The molecule has 2 aliphatic carbocycles. The number of amides is 1. The van der Waals surface area contributed by atoms with Crippen LogP contribution in [0.5, 0.6) is 0 Å². The normalized spacial score (nSPS) is 16.2. The summed E-state index contributed by atoms with van der Waals surface area (Å²) in [5, 5.41) is 12.7. The van der Waals surface area contributed by atoms with Crippen molar-refractivity contribution in [3.8, 4) is 0 Å². The van der Waals surface area contributed by atoms with Crippen molar-refractivity contribution in [3.05, 3.63) is 35.7 Å². The van der Waals surface area contributed by atoms with E-state index >= 15 is 0 Å². The largest absolute Gasteiger partial charge is 0.370 e. The van der Waals surface area contributed by atoms with E-state index in [-0.39, 0.29) is 5.91 Å². The molecule has 1 aromatic heterocycles. The van der Waals surface area contributed by atoms with E-state index in [9.17, 15) is 4.79 Å². The molecule has 0 saturated heterocycles. The topological polar surface area (TPSA) is 63.1 Å². The number of thioether (sulfide) groups is 1. The number of nitrogens with zero attached hydrogens (tertiary/aromatic N) is 4. The average Bonchev–Trinajstić information content (AvgIpc) is 3.62. The highest BCUT2D eigenvalue weighted by Crippen LogP contribution is 2.45. The first kappa shape index (κ1) is 19.3. The number of rotatable bonds is 10. The van der Waals surface area contributed by atoms with Gasteiger partial charge in [0.15, 0.2) is 5.16 Å². The number of carbonyl (C=O) groups excluding carboxylic acids is 1. The number of nitrogens with one attached hydrogen (secondary N) is 1. The third-order valence-corrected chi connectivity index (χ3v) is 6.27. The Morgan fingerprint density at radius 3 is 2.79 bits per heavy atom. The van der Waals surface area contributed by atoms with Crippen molar-refractivity contribution in [2.24, 2.45) is 0 Å². The summed E-state index contributed by atoms with van der Waals surface area (Å²) in [6, 6.07) is 9.04. The molecule has 1 aromatic carbocycles. The van der Waals surface area contributed by atoms with Crippen molar-refractivity contribution in [1.82, 2.24) is 20.1 Å². The van der Waals surface area contributed by atoms with Crippen LogP contribution in [-0.2, 0) is 4.79 Å². The molecule has 0 radical (unpaired) electrons. The number of hydrogen-bond donors (Lipinski definition) is 1. The number of carbonyl (C=O) groups is 1. The van der Waals surface area contributed by atoms with Gasteiger partial charge in [0.2, 0.25) is 5.91 Å². The molecule has 1 N–H and O–H groups in total. The zero-order valence-electron chi connectivity index (χ0n) is 16.7. The zero-order chi connectivity index (χ0) is 19.5. The van der Waals surface area contributed by atoms with Crippen LogP contribution in [0.1, 0.15) is 56.0 Å². The number of aromatic nitrogens is 3. The summed E-state index contributed by atoms with van der Waals surface area (Å²) in [6.45, 7) is 6.61. The lowest BCUT2D eigenvalue weighted by Gasteiger charge is -2.23. The van der Waals surface area contributed by atoms with Crippen LogP contribution in [0.3, 0.4) is 0 Å². The molecule has 1 heterocycles. The smallest absolute Gasteiger partial charge is 0.230 e. The van der Waals surface area contributed by atoms with E-state index in [1.807, 2.05) is 0 Å². The van der Waals surface area contributed by atoms with Crippen molar-refractivity contribution < 1.29 is 4.79 Å². The second-order valence-corrected chi connectivity index (χ2v) is 8.72. The number of aryl methyl sites for hydroxylation is 1. The summed E-state index contributed by atoms with van der Waals surface area (Å²) in [5.41, 5.74) is 2.46.